The largest absolute Gasteiger partial charge is 0.382 e. The minimum atomic E-state index is 0.0707. The number of anilines is 2. The Kier molecular flexibility index (Phi) is 3.83. The van der Waals surface area contributed by atoms with Gasteiger partial charge in [0.1, 0.15) is 10.7 Å². The highest BCUT2D eigenvalue weighted by Crippen LogP contribution is 2.32. The van der Waals surface area contributed by atoms with Crippen molar-refractivity contribution in [3.05, 3.63) is 4.88 Å². The van der Waals surface area contributed by atoms with Crippen molar-refractivity contribution < 1.29 is 4.79 Å². The first-order valence-corrected chi connectivity index (χ1v) is 8.31. The summed E-state index contributed by atoms with van der Waals surface area (Å²) >= 11 is 1.46. The second-order valence-electron chi connectivity index (χ2n) is 5.72. The molecule has 5 nitrogen and oxygen atoms in total. The summed E-state index contributed by atoms with van der Waals surface area (Å²) in [5.41, 5.74) is 5.97. The Hall–Kier alpha value is -1.30. The highest BCUT2D eigenvalue weighted by Gasteiger charge is 2.29. The fraction of sp³-hybridized carbons (Fsp3) is 0.714. The highest BCUT2D eigenvalue weighted by atomic mass is 32.1. The van der Waals surface area contributed by atoms with Crippen molar-refractivity contribution in [2.24, 2.45) is 5.92 Å². The van der Waals surface area contributed by atoms with Gasteiger partial charge in [-0.3, -0.25) is 4.79 Å². The molecule has 3 heterocycles. The van der Waals surface area contributed by atoms with E-state index in [0.717, 1.165) is 44.2 Å². The van der Waals surface area contributed by atoms with E-state index < -0.39 is 0 Å². The van der Waals surface area contributed by atoms with E-state index in [9.17, 15) is 4.79 Å². The molecule has 0 saturated carbocycles. The van der Waals surface area contributed by atoms with Gasteiger partial charge in [-0.2, -0.15) is 0 Å². The summed E-state index contributed by atoms with van der Waals surface area (Å²) in [4.78, 5) is 21.8. The summed E-state index contributed by atoms with van der Waals surface area (Å²) in [5.74, 6) is 1.12. The Balaban J connectivity index is 1.74. The van der Waals surface area contributed by atoms with Crippen LogP contribution in [0.3, 0.4) is 0 Å². The molecule has 0 aliphatic carbocycles. The molecule has 1 aromatic heterocycles. The highest BCUT2D eigenvalue weighted by molar-refractivity contribution is 7.18. The standard InChI is InChI=1S/C14H22N4OS/c1-2-10-5-8-18(9-10)13(19)11-12(15)16-14(20-11)17-6-3-4-7-17/h10H,2-9,15H2,1H3. The zero-order valence-corrected chi connectivity index (χ0v) is 12.8. The lowest BCUT2D eigenvalue weighted by molar-refractivity contribution is 0.0792. The minimum Gasteiger partial charge on any atom is -0.382 e. The van der Waals surface area contributed by atoms with Crippen LogP contribution in [0.4, 0.5) is 10.9 Å². The van der Waals surface area contributed by atoms with Crippen LogP contribution in [0, 0.1) is 5.92 Å². The Morgan fingerprint density at radius 2 is 2.15 bits per heavy atom. The van der Waals surface area contributed by atoms with Crippen LogP contribution in [0.2, 0.25) is 0 Å². The lowest BCUT2D eigenvalue weighted by atomic mass is 10.1. The van der Waals surface area contributed by atoms with Crippen molar-refractivity contribution in [2.45, 2.75) is 32.6 Å². The van der Waals surface area contributed by atoms with Gasteiger partial charge in [-0.15, -0.1) is 0 Å². The molecule has 2 fully saturated rings. The Labute approximate surface area is 123 Å². The van der Waals surface area contributed by atoms with Gasteiger partial charge < -0.3 is 15.5 Å². The number of aromatic nitrogens is 1. The molecule has 1 unspecified atom stereocenters. The SMILES string of the molecule is CCC1CCN(C(=O)c2sc(N3CCCC3)nc2N)C1. The normalized spacial score (nSPS) is 22.8. The van der Waals surface area contributed by atoms with Gasteiger partial charge in [0, 0.05) is 26.2 Å². The molecular formula is C14H22N4OS. The van der Waals surface area contributed by atoms with Gasteiger partial charge in [-0.1, -0.05) is 24.7 Å². The summed E-state index contributed by atoms with van der Waals surface area (Å²) < 4.78 is 0. The van der Waals surface area contributed by atoms with Gasteiger partial charge in [0.25, 0.3) is 5.91 Å². The number of likely N-dealkylation sites (tertiary alicyclic amines) is 1. The fourth-order valence-electron chi connectivity index (χ4n) is 3.01. The van der Waals surface area contributed by atoms with Crippen LogP contribution in [0.1, 0.15) is 42.3 Å². The van der Waals surface area contributed by atoms with Gasteiger partial charge in [0.2, 0.25) is 0 Å². The third-order valence-electron chi connectivity index (χ3n) is 4.36. The van der Waals surface area contributed by atoms with Crippen molar-refractivity contribution in [3.63, 3.8) is 0 Å². The number of rotatable bonds is 3. The number of thiazole rings is 1. The van der Waals surface area contributed by atoms with E-state index in [1.54, 1.807) is 0 Å². The number of carbonyl (C=O) groups excluding carboxylic acids is 1. The molecule has 2 saturated heterocycles. The molecule has 110 valence electrons. The predicted molar refractivity (Wildman–Crippen MR) is 82.3 cm³/mol. The quantitative estimate of drug-likeness (QED) is 0.928. The maximum absolute atomic E-state index is 12.6. The van der Waals surface area contributed by atoms with E-state index in [1.807, 2.05) is 4.90 Å². The summed E-state index contributed by atoms with van der Waals surface area (Å²) in [7, 11) is 0. The topological polar surface area (TPSA) is 62.5 Å². The number of nitrogens with two attached hydrogens (primary N) is 1. The van der Waals surface area contributed by atoms with Crippen LogP contribution in [-0.4, -0.2) is 42.0 Å². The molecule has 0 spiro atoms. The number of carbonyl (C=O) groups is 1. The molecule has 20 heavy (non-hydrogen) atoms. The third-order valence-corrected chi connectivity index (χ3v) is 5.48. The van der Waals surface area contributed by atoms with Crippen LogP contribution in [-0.2, 0) is 0 Å². The zero-order chi connectivity index (χ0) is 14.1. The molecule has 2 N–H and O–H groups in total. The second-order valence-corrected chi connectivity index (χ2v) is 6.70. The molecule has 1 aromatic rings. The molecular weight excluding hydrogens is 272 g/mol. The van der Waals surface area contributed by atoms with Gasteiger partial charge in [0.05, 0.1) is 0 Å². The Bertz CT molecular complexity index is 495. The first-order valence-electron chi connectivity index (χ1n) is 7.49. The van der Waals surface area contributed by atoms with E-state index in [-0.39, 0.29) is 5.91 Å². The molecule has 0 radical (unpaired) electrons. The first-order chi connectivity index (χ1) is 9.69. The maximum atomic E-state index is 12.6. The van der Waals surface area contributed by atoms with Crippen LogP contribution in [0.5, 0.6) is 0 Å². The van der Waals surface area contributed by atoms with Crippen molar-refractivity contribution in [2.75, 3.05) is 36.8 Å². The van der Waals surface area contributed by atoms with Crippen molar-refractivity contribution in [3.8, 4) is 0 Å². The lowest BCUT2D eigenvalue weighted by Gasteiger charge is -2.15. The first kappa shape index (κ1) is 13.7. The summed E-state index contributed by atoms with van der Waals surface area (Å²) in [6.07, 6.45) is 4.65. The monoisotopic (exact) mass is 294 g/mol. The molecule has 2 aliphatic heterocycles. The zero-order valence-electron chi connectivity index (χ0n) is 12.0. The summed E-state index contributed by atoms with van der Waals surface area (Å²) in [5, 5.41) is 0.912. The number of amides is 1. The van der Waals surface area contributed by atoms with Gasteiger partial charge in [-0.25, -0.2) is 4.98 Å². The van der Waals surface area contributed by atoms with E-state index in [0.29, 0.717) is 16.6 Å². The number of hydrogen-bond donors (Lipinski definition) is 1. The van der Waals surface area contributed by atoms with Crippen LogP contribution < -0.4 is 10.6 Å². The average Bonchev–Trinajstić information content (AvgIpc) is 3.18. The molecule has 0 aromatic carbocycles. The van der Waals surface area contributed by atoms with E-state index in [2.05, 4.69) is 16.8 Å². The van der Waals surface area contributed by atoms with E-state index in [4.69, 9.17) is 5.73 Å². The summed E-state index contributed by atoms with van der Waals surface area (Å²) in [6.45, 7) is 5.97. The molecule has 3 rings (SSSR count). The lowest BCUT2D eigenvalue weighted by Crippen LogP contribution is -2.28. The molecule has 0 bridgehead atoms. The predicted octanol–water partition coefficient (Wildman–Crippen LogP) is 2.20. The van der Waals surface area contributed by atoms with E-state index >= 15 is 0 Å². The Morgan fingerprint density at radius 3 is 2.80 bits per heavy atom. The average molecular weight is 294 g/mol. The van der Waals surface area contributed by atoms with E-state index in [1.165, 1.54) is 24.2 Å². The van der Waals surface area contributed by atoms with Gasteiger partial charge in [0.15, 0.2) is 5.13 Å². The fourth-order valence-corrected chi connectivity index (χ4v) is 4.02. The number of nitrogen functional groups attached to an aromatic ring is 1. The Morgan fingerprint density at radius 1 is 1.40 bits per heavy atom. The van der Waals surface area contributed by atoms with Gasteiger partial charge in [-0.05, 0) is 25.2 Å². The number of hydrogen-bond acceptors (Lipinski definition) is 5. The molecule has 2 aliphatic rings. The van der Waals surface area contributed by atoms with Crippen LogP contribution >= 0.6 is 11.3 Å². The third kappa shape index (κ3) is 2.49. The molecule has 6 heteroatoms. The molecule has 1 amide bonds. The van der Waals surface area contributed by atoms with Gasteiger partial charge >= 0.3 is 0 Å². The van der Waals surface area contributed by atoms with Crippen LogP contribution in [0.15, 0.2) is 0 Å². The van der Waals surface area contributed by atoms with Crippen molar-refractivity contribution in [1.29, 1.82) is 0 Å². The summed E-state index contributed by atoms with van der Waals surface area (Å²) in [6, 6.07) is 0. The minimum absolute atomic E-state index is 0.0707. The second kappa shape index (κ2) is 5.60. The smallest absolute Gasteiger partial charge is 0.267 e. The maximum Gasteiger partial charge on any atom is 0.267 e. The molecule has 1 atom stereocenters. The number of nitrogens with zero attached hydrogens (tertiary/aromatic N) is 3. The van der Waals surface area contributed by atoms with Crippen molar-refractivity contribution in [1.82, 2.24) is 9.88 Å². The van der Waals surface area contributed by atoms with Crippen LogP contribution in [0.25, 0.3) is 0 Å². The van der Waals surface area contributed by atoms with Crippen molar-refractivity contribution >= 4 is 28.2 Å².